The quantitative estimate of drug-likeness (QED) is 0.102. The van der Waals surface area contributed by atoms with Crippen molar-refractivity contribution in [1.82, 2.24) is 0 Å². The Kier molecular flexibility index (Phi) is 5.22. The van der Waals surface area contributed by atoms with Crippen LogP contribution < -0.4 is 15.3 Å². The van der Waals surface area contributed by atoms with Crippen LogP contribution in [0.1, 0.15) is 68.4 Å². The maximum atomic E-state index is 13.9. The van der Waals surface area contributed by atoms with Crippen molar-refractivity contribution in [1.29, 1.82) is 0 Å². The van der Waals surface area contributed by atoms with Crippen LogP contribution in [0.5, 0.6) is 0 Å². The molecule has 5 heteroatoms. The van der Waals surface area contributed by atoms with Crippen molar-refractivity contribution in [3.8, 4) is 0 Å². The van der Waals surface area contributed by atoms with Gasteiger partial charge in [0.15, 0.2) is 0 Å². The average Bonchev–Trinajstić information content (AvgIpc) is 3.59. The number of rotatable bonds is 1. The Morgan fingerprint density at radius 2 is 1.34 bits per heavy atom. The van der Waals surface area contributed by atoms with Gasteiger partial charge >= 0.3 is 283 Å². The van der Waals surface area contributed by atoms with Crippen LogP contribution in [0.4, 0.5) is 15.9 Å². The molecular formula is C42H35NO2SeSi. The summed E-state index contributed by atoms with van der Waals surface area (Å²) in [6.07, 6.45) is 8.77. The Morgan fingerprint density at radius 1 is 0.723 bits per heavy atom. The second kappa shape index (κ2) is 9.02. The van der Waals surface area contributed by atoms with Gasteiger partial charge in [-0.3, -0.25) is 0 Å². The second-order valence-electron chi connectivity index (χ2n) is 15.7. The standard InChI is InChI=1S/C42H35NO2SeSi/c1-47(2)36-12-6-5-11-35(36)43-38-33(10-7-13-37(38)47)42(27-15-23-14-24(17-27)18-28(42)16-23)34-22-29(46-41(34)43)21-32-39(44)30-19-25-8-3-4-9-26(25)20-31(30)40(32)45/h3-13,19-24,27-28H,14-18H2,1-2H3. The van der Waals surface area contributed by atoms with Crippen LogP contribution >= 0.6 is 0 Å². The van der Waals surface area contributed by atoms with Crippen LogP contribution in [-0.4, -0.2) is 34.1 Å². The molecule has 0 atom stereocenters. The van der Waals surface area contributed by atoms with E-state index in [1.165, 1.54) is 63.2 Å². The summed E-state index contributed by atoms with van der Waals surface area (Å²) in [5.41, 5.74) is 7.40. The summed E-state index contributed by atoms with van der Waals surface area (Å²) in [5.74, 6) is 2.81. The number of para-hydroxylation sites is 2. The van der Waals surface area contributed by atoms with Crippen molar-refractivity contribution < 1.29 is 9.59 Å². The number of benzene rings is 4. The van der Waals surface area contributed by atoms with Crippen molar-refractivity contribution in [3.63, 3.8) is 0 Å². The molecule has 5 aliphatic carbocycles. The molecule has 3 nitrogen and oxygen atoms in total. The van der Waals surface area contributed by atoms with E-state index in [4.69, 9.17) is 0 Å². The number of hydrogen-bond donors (Lipinski definition) is 0. The molecule has 3 heterocycles. The summed E-state index contributed by atoms with van der Waals surface area (Å²) >= 11 is -0.0367. The molecule has 5 aromatic rings. The van der Waals surface area contributed by atoms with Gasteiger partial charge in [-0.2, -0.15) is 0 Å². The predicted molar refractivity (Wildman–Crippen MR) is 193 cm³/mol. The predicted octanol–water partition coefficient (Wildman–Crippen LogP) is 8.02. The van der Waals surface area contributed by atoms with Gasteiger partial charge in [-0.15, -0.1) is 0 Å². The van der Waals surface area contributed by atoms with Crippen LogP contribution in [0, 0.1) is 23.7 Å². The van der Waals surface area contributed by atoms with Gasteiger partial charge in [0, 0.05) is 0 Å². The molecule has 0 saturated heterocycles. The molecule has 4 saturated carbocycles. The number of ketones is 2. The molecule has 7 aliphatic rings. The molecule has 0 N–H and O–H groups in total. The fraction of sp³-hybridized carbons (Fsp3) is 0.286. The van der Waals surface area contributed by atoms with Gasteiger partial charge in [-0.1, -0.05) is 0 Å². The topological polar surface area (TPSA) is 37.4 Å². The van der Waals surface area contributed by atoms with E-state index in [0.29, 0.717) is 28.5 Å². The molecule has 4 bridgehead atoms. The molecule has 230 valence electrons. The third-order valence-corrected chi connectivity index (χ3v) is 18.9. The van der Waals surface area contributed by atoms with E-state index in [0.717, 1.165) is 22.6 Å². The SMILES string of the molecule is C[Si]1(C)c2ccccc2N2c3[se]c(C=C4C(=O)c5cc6ccccc6cc5C4=O)cc3C3(c4cccc1c42)C1CC2CC(C1)CC3C2. The zero-order chi connectivity index (χ0) is 31.4. The third kappa shape index (κ3) is 3.29. The van der Waals surface area contributed by atoms with Crippen molar-refractivity contribution in [3.05, 3.63) is 117 Å². The van der Waals surface area contributed by atoms with E-state index in [9.17, 15) is 9.59 Å². The number of anilines is 3. The van der Waals surface area contributed by atoms with Gasteiger partial charge in [0.05, 0.1) is 0 Å². The van der Waals surface area contributed by atoms with Gasteiger partial charge < -0.3 is 0 Å². The van der Waals surface area contributed by atoms with Gasteiger partial charge in [0.2, 0.25) is 0 Å². The van der Waals surface area contributed by atoms with E-state index in [1.807, 2.05) is 42.5 Å². The summed E-state index contributed by atoms with van der Waals surface area (Å²) in [5, 5.41) is 5.08. The first-order valence-corrected chi connectivity index (χ1v) is 22.1. The first-order chi connectivity index (χ1) is 22.8. The van der Waals surface area contributed by atoms with E-state index >= 15 is 0 Å². The fourth-order valence-corrected chi connectivity index (χ4v) is 17.0. The van der Waals surface area contributed by atoms with Crippen molar-refractivity contribution >= 4 is 77.3 Å². The van der Waals surface area contributed by atoms with Crippen molar-refractivity contribution in [2.24, 2.45) is 23.7 Å². The third-order valence-electron chi connectivity index (χ3n) is 13.2. The van der Waals surface area contributed by atoms with Crippen LogP contribution in [0.15, 0.2) is 90.5 Å². The van der Waals surface area contributed by atoms with E-state index < -0.39 is 8.07 Å². The zero-order valence-corrected chi connectivity index (χ0v) is 29.4. The Morgan fingerprint density at radius 3 is 2.02 bits per heavy atom. The molecule has 1 aromatic heterocycles. The molecule has 12 rings (SSSR count). The summed E-state index contributed by atoms with van der Waals surface area (Å²) in [7, 11) is -1.95. The fourth-order valence-electron chi connectivity index (χ4n) is 11.5. The van der Waals surface area contributed by atoms with Crippen LogP contribution in [0.3, 0.4) is 0 Å². The number of carbonyl (C=O) groups is 2. The summed E-state index contributed by atoms with van der Waals surface area (Å²) in [6.45, 7) is 5.08. The van der Waals surface area contributed by atoms with E-state index in [1.54, 1.807) is 10.8 Å². The molecule has 47 heavy (non-hydrogen) atoms. The Balaban J connectivity index is 1.16. The number of carbonyl (C=O) groups excluding carboxylic acids is 2. The number of fused-ring (bicyclic) bond motifs is 6. The average molecular weight is 693 g/mol. The Labute approximate surface area is 282 Å². The Bertz CT molecular complexity index is 2220. The van der Waals surface area contributed by atoms with Crippen LogP contribution in [-0.2, 0) is 5.41 Å². The molecule has 0 amide bonds. The molecular weight excluding hydrogens is 658 g/mol. The van der Waals surface area contributed by atoms with Crippen LogP contribution in [0.2, 0.25) is 13.1 Å². The maximum absolute atomic E-state index is 13.9. The summed E-state index contributed by atoms with van der Waals surface area (Å²) < 4.78 is 2.62. The minimum atomic E-state index is -1.95. The van der Waals surface area contributed by atoms with Gasteiger partial charge in [0.25, 0.3) is 0 Å². The van der Waals surface area contributed by atoms with Gasteiger partial charge in [-0.05, 0) is 0 Å². The zero-order valence-electron chi connectivity index (χ0n) is 26.7. The molecule has 0 radical (unpaired) electrons. The minimum absolute atomic E-state index is 0.0216. The first kappa shape index (κ1) is 27.2. The van der Waals surface area contributed by atoms with Crippen molar-refractivity contribution in [2.45, 2.75) is 50.6 Å². The number of hydrogen-bond acceptors (Lipinski definition) is 3. The molecule has 4 fully saturated rings. The van der Waals surface area contributed by atoms with Crippen molar-refractivity contribution in [2.75, 3.05) is 4.90 Å². The second-order valence-corrected chi connectivity index (χ2v) is 22.2. The Hall–Kier alpha value is -3.76. The monoisotopic (exact) mass is 693 g/mol. The number of allylic oxidation sites excluding steroid dienone is 1. The van der Waals surface area contributed by atoms with Gasteiger partial charge in [-0.25, -0.2) is 0 Å². The number of nitrogens with zero attached hydrogens (tertiary/aromatic N) is 1. The van der Waals surface area contributed by atoms with E-state index in [2.05, 4.69) is 66.5 Å². The molecule has 1 spiro atoms. The van der Waals surface area contributed by atoms with Gasteiger partial charge in [0.1, 0.15) is 0 Å². The first-order valence-electron chi connectivity index (χ1n) is 17.4. The number of Topliss-reactive ketones (excluding diaryl/α,β-unsaturated/α-hetero) is 2. The molecule has 2 aliphatic heterocycles. The molecule has 4 aromatic carbocycles. The summed E-state index contributed by atoms with van der Waals surface area (Å²) in [6, 6.07) is 30.8. The van der Waals surface area contributed by atoms with E-state index in [-0.39, 0.29) is 31.5 Å². The molecule has 0 unspecified atom stereocenters. The van der Waals surface area contributed by atoms with Crippen LogP contribution in [0.25, 0.3) is 16.8 Å². The normalized spacial score (nSPS) is 28.5. The summed E-state index contributed by atoms with van der Waals surface area (Å²) in [4.78, 5) is 30.5.